The number of amides is 2. The van der Waals surface area contributed by atoms with E-state index in [1.165, 1.54) is 50.5 Å². The molecule has 6 nitrogen and oxygen atoms in total. The Morgan fingerprint density at radius 2 is 1.70 bits per heavy atom. The second-order valence-corrected chi connectivity index (χ2v) is 12.2. The van der Waals surface area contributed by atoms with Gasteiger partial charge in [0.25, 0.3) is 0 Å². The summed E-state index contributed by atoms with van der Waals surface area (Å²) < 4.78 is 0. The largest absolute Gasteiger partial charge is 0.342 e. The van der Waals surface area contributed by atoms with Crippen LogP contribution in [0.1, 0.15) is 83.6 Å². The number of piperazine rings is 1. The van der Waals surface area contributed by atoms with E-state index in [-0.39, 0.29) is 17.9 Å². The molecule has 3 fully saturated rings. The number of hydrogen-bond donors (Lipinski definition) is 1. The summed E-state index contributed by atoms with van der Waals surface area (Å²) in [6, 6.07) is 10.9. The summed E-state index contributed by atoms with van der Waals surface area (Å²) in [4.78, 5) is 34.3. The fraction of sp³-hybridized carbons (Fsp3) is 0.742. The first-order valence-corrected chi connectivity index (χ1v) is 15.0. The van der Waals surface area contributed by atoms with Gasteiger partial charge in [-0.2, -0.15) is 0 Å². The predicted molar refractivity (Wildman–Crippen MR) is 150 cm³/mol. The van der Waals surface area contributed by atoms with Gasteiger partial charge in [-0.3, -0.25) is 9.59 Å². The predicted octanol–water partition coefficient (Wildman–Crippen LogP) is 4.48. The fourth-order valence-electron chi connectivity index (χ4n) is 6.76. The maximum Gasteiger partial charge on any atom is 0.246 e. The SMILES string of the molecule is CC(C)C[C@@H]1NC(=O)C2(CCN(CCCCCCc3ccccc3)CC2)N(CCC2CCCN2C)C1=O. The Balaban J connectivity index is 1.28. The molecule has 2 amide bonds. The van der Waals surface area contributed by atoms with Gasteiger partial charge in [0.15, 0.2) is 0 Å². The molecule has 6 heteroatoms. The van der Waals surface area contributed by atoms with Crippen LogP contribution in [0.2, 0.25) is 0 Å². The highest BCUT2D eigenvalue weighted by molar-refractivity contribution is 6.00. The summed E-state index contributed by atoms with van der Waals surface area (Å²) in [5, 5.41) is 3.16. The lowest BCUT2D eigenvalue weighted by Gasteiger charge is -2.52. The number of likely N-dealkylation sites (tertiary alicyclic amines) is 2. The van der Waals surface area contributed by atoms with E-state index in [1.807, 2.05) is 4.90 Å². The lowest BCUT2D eigenvalue weighted by molar-refractivity contribution is -0.162. The summed E-state index contributed by atoms with van der Waals surface area (Å²) in [6.45, 7) is 9.00. The summed E-state index contributed by atoms with van der Waals surface area (Å²) in [5.74, 6) is 0.625. The minimum Gasteiger partial charge on any atom is -0.342 e. The van der Waals surface area contributed by atoms with Gasteiger partial charge in [0.2, 0.25) is 11.8 Å². The van der Waals surface area contributed by atoms with Crippen molar-refractivity contribution in [2.45, 2.75) is 102 Å². The maximum atomic E-state index is 13.7. The van der Waals surface area contributed by atoms with Crippen LogP contribution < -0.4 is 5.32 Å². The van der Waals surface area contributed by atoms with E-state index >= 15 is 0 Å². The van der Waals surface area contributed by atoms with Crippen LogP contribution in [-0.2, 0) is 16.0 Å². The van der Waals surface area contributed by atoms with Gasteiger partial charge in [-0.05, 0) is 89.4 Å². The molecule has 1 N–H and O–H groups in total. The number of aryl methyl sites for hydroxylation is 1. The van der Waals surface area contributed by atoms with Gasteiger partial charge < -0.3 is 20.0 Å². The van der Waals surface area contributed by atoms with Crippen LogP contribution in [0, 0.1) is 5.92 Å². The number of piperidine rings is 1. The Bertz CT molecular complexity index is 865. The summed E-state index contributed by atoms with van der Waals surface area (Å²) in [5.41, 5.74) is 0.775. The second-order valence-electron chi connectivity index (χ2n) is 12.2. The second kappa shape index (κ2) is 13.2. The van der Waals surface area contributed by atoms with Crippen LogP contribution in [-0.4, -0.2) is 83.9 Å². The van der Waals surface area contributed by atoms with E-state index in [0.717, 1.165) is 51.9 Å². The van der Waals surface area contributed by atoms with E-state index in [1.54, 1.807) is 0 Å². The summed E-state index contributed by atoms with van der Waals surface area (Å²) in [7, 11) is 2.19. The monoisotopic (exact) mass is 510 g/mol. The van der Waals surface area contributed by atoms with Crippen LogP contribution in [0.3, 0.4) is 0 Å². The molecule has 0 bridgehead atoms. The molecular weight excluding hydrogens is 460 g/mol. The molecule has 3 heterocycles. The standard InChI is InChI=1S/C31H50N4O2/c1-25(2)24-28-29(36)35(21-16-27-15-11-19-33(27)3)31(30(37)32-28)17-22-34(23-18-31)20-10-5-4-7-12-26-13-8-6-9-14-26/h6,8-9,13-14,25,27-28H,4-5,7,10-12,15-24H2,1-3H3,(H,32,37)/t27?,28-/m0/s1. The number of benzene rings is 1. The Hall–Kier alpha value is -1.92. The lowest BCUT2D eigenvalue weighted by Crippen LogP contribution is -2.73. The number of nitrogens with zero attached hydrogens (tertiary/aromatic N) is 3. The first-order chi connectivity index (χ1) is 17.9. The quantitative estimate of drug-likeness (QED) is 0.421. The summed E-state index contributed by atoms with van der Waals surface area (Å²) in [6.07, 6.45) is 11.8. The van der Waals surface area contributed by atoms with Crippen LogP contribution in [0.4, 0.5) is 0 Å². The number of carbonyl (C=O) groups is 2. The number of unbranched alkanes of at least 4 members (excludes halogenated alkanes) is 3. The van der Waals surface area contributed by atoms with Crippen LogP contribution in [0.25, 0.3) is 0 Å². The highest BCUT2D eigenvalue weighted by Gasteiger charge is 2.53. The van der Waals surface area contributed by atoms with E-state index in [2.05, 4.69) is 66.3 Å². The fourth-order valence-corrected chi connectivity index (χ4v) is 6.76. The first-order valence-electron chi connectivity index (χ1n) is 15.0. The first kappa shape index (κ1) is 28.1. The van der Waals surface area contributed by atoms with Crippen molar-refractivity contribution in [1.29, 1.82) is 0 Å². The summed E-state index contributed by atoms with van der Waals surface area (Å²) >= 11 is 0. The van der Waals surface area contributed by atoms with Gasteiger partial charge >= 0.3 is 0 Å². The van der Waals surface area contributed by atoms with Gasteiger partial charge in [0, 0.05) is 25.7 Å². The van der Waals surface area contributed by atoms with Crippen LogP contribution in [0.5, 0.6) is 0 Å². The zero-order valence-electron chi connectivity index (χ0n) is 23.6. The molecule has 1 unspecified atom stereocenters. The van der Waals surface area contributed by atoms with Gasteiger partial charge in [0.1, 0.15) is 11.6 Å². The minimum absolute atomic E-state index is 0.0955. The smallest absolute Gasteiger partial charge is 0.246 e. The zero-order chi connectivity index (χ0) is 26.3. The lowest BCUT2D eigenvalue weighted by atomic mass is 9.80. The molecule has 0 saturated carbocycles. The third-order valence-electron chi connectivity index (χ3n) is 9.09. The molecule has 1 aromatic carbocycles. The third-order valence-corrected chi connectivity index (χ3v) is 9.09. The number of rotatable bonds is 12. The molecule has 206 valence electrons. The molecule has 4 rings (SSSR count). The van der Waals surface area contributed by atoms with Crippen molar-refractivity contribution in [1.82, 2.24) is 20.0 Å². The average molecular weight is 511 g/mol. The van der Waals surface area contributed by atoms with Crippen molar-refractivity contribution in [2.24, 2.45) is 5.92 Å². The molecule has 1 spiro atoms. The van der Waals surface area contributed by atoms with Crippen molar-refractivity contribution >= 4 is 11.8 Å². The minimum atomic E-state index is -0.659. The number of nitrogens with one attached hydrogen (secondary N) is 1. The van der Waals surface area contributed by atoms with Crippen LogP contribution in [0.15, 0.2) is 30.3 Å². The molecule has 37 heavy (non-hydrogen) atoms. The van der Waals surface area contributed by atoms with Gasteiger partial charge in [-0.25, -0.2) is 0 Å². The van der Waals surface area contributed by atoms with Gasteiger partial charge in [-0.1, -0.05) is 57.0 Å². The number of carbonyl (C=O) groups excluding carboxylic acids is 2. The normalized spacial score (nSPS) is 24.8. The van der Waals surface area contributed by atoms with E-state index in [0.29, 0.717) is 18.5 Å². The molecule has 2 atom stereocenters. The molecule has 1 aromatic rings. The average Bonchev–Trinajstić information content (AvgIpc) is 3.30. The van der Waals surface area contributed by atoms with Crippen molar-refractivity contribution in [3.8, 4) is 0 Å². The van der Waals surface area contributed by atoms with E-state index < -0.39 is 5.54 Å². The van der Waals surface area contributed by atoms with E-state index in [4.69, 9.17) is 0 Å². The van der Waals surface area contributed by atoms with Crippen LogP contribution >= 0.6 is 0 Å². The molecular formula is C31H50N4O2. The van der Waals surface area contributed by atoms with E-state index in [9.17, 15) is 9.59 Å². The Morgan fingerprint density at radius 3 is 2.38 bits per heavy atom. The molecule has 3 saturated heterocycles. The molecule has 0 radical (unpaired) electrons. The Morgan fingerprint density at radius 1 is 0.973 bits per heavy atom. The molecule has 0 aromatic heterocycles. The highest BCUT2D eigenvalue weighted by Crippen LogP contribution is 2.35. The molecule has 0 aliphatic carbocycles. The van der Waals surface area contributed by atoms with Crippen molar-refractivity contribution in [3.05, 3.63) is 35.9 Å². The topological polar surface area (TPSA) is 55.9 Å². The zero-order valence-corrected chi connectivity index (χ0v) is 23.6. The Kier molecular flexibility index (Phi) is 10.1. The Labute approximate surface area is 225 Å². The van der Waals surface area contributed by atoms with Crippen molar-refractivity contribution < 1.29 is 9.59 Å². The third kappa shape index (κ3) is 7.14. The molecule has 3 aliphatic rings. The van der Waals surface area contributed by atoms with Crippen molar-refractivity contribution in [3.63, 3.8) is 0 Å². The van der Waals surface area contributed by atoms with Crippen molar-refractivity contribution in [2.75, 3.05) is 39.8 Å². The maximum absolute atomic E-state index is 13.7. The molecule has 3 aliphatic heterocycles. The van der Waals surface area contributed by atoms with Gasteiger partial charge in [0.05, 0.1) is 0 Å². The number of hydrogen-bond acceptors (Lipinski definition) is 4. The highest BCUT2D eigenvalue weighted by atomic mass is 16.2. The van der Waals surface area contributed by atoms with Gasteiger partial charge in [-0.15, -0.1) is 0 Å².